The summed E-state index contributed by atoms with van der Waals surface area (Å²) in [6.07, 6.45) is 3.93. The maximum absolute atomic E-state index is 13.8. The second kappa shape index (κ2) is 6.10. The highest BCUT2D eigenvalue weighted by Gasteiger charge is 2.14. The van der Waals surface area contributed by atoms with Crippen molar-refractivity contribution in [3.8, 4) is 0 Å². The van der Waals surface area contributed by atoms with E-state index >= 15 is 0 Å². The largest absolute Gasteiger partial charge is 0.271 e. The summed E-state index contributed by atoms with van der Waals surface area (Å²) in [5, 5.41) is 0.385. The minimum Gasteiger partial charge on any atom is -0.271 e. The predicted molar refractivity (Wildman–Crippen MR) is 74.2 cm³/mol. The Morgan fingerprint density at radius 3 is 2.79 bits per heavy atom. The Labute approximate surface area is 116 Å². The van der Waals surface area contributed by atoms with Crippen molar-refractivity contribution in [1.29, 1.82) is 0 Å². The molecule has 19 heavy (non-hydrogen) atoms. The van der Waals surface area contributed by atoms with E-state index in [4.69, 9.17) is 17.4 Å². The number of nitrogens with one attached hydrogen (secondary N) is 1. The van der Waals surface area contributed by atoms with Gasteiger partial charge in [-0.05, 0) is 42.2 Å². The summed E-state index contributed by atoms with van der Waals surface area (Å²) in [4.78, 5) is 4.12. The highest BCUT2D eigenvalue weighted by Crippen LogP contribution is 2.21. The lowest BCUT2D eigenvalue weighted by Crippen LogP contribution is -2.30. The lowest BCUT2D eigenvalue weighted by Gasteiger charge is -2.17. The monoisotopic (exact) mass is 279 g/mol. The molecular formula is C14H15ClFN3. The Morgan fingerprint density at radius 1 is 1.37 bits per heavy atom. The first-order valence-corrected chi connectivity index (χ1v) is 6.29. The third-order valence-electron chi connectivity index (χ3n) is 2.94. The normalized spacial score (nSPS) is 12.4. The smallest absolute Gasteiger partial charge is 0.127 e. The molecule has 0 amide bonds. The first-order valence-electron chi connectivity index (χ1n) is 5.91. The first-order chi connectivity index (χ1) is 9.10. The van der Waals surface area contributed by atoms with E-state index in [9.17, 15) is 4.39 Å². The van der Waals surface area contributed by atoms with E-state index in [-0.39, 0.29) is 11.9 Å². The van der Waals surface area contributed by atoms with Gasteiger partial charge in [0.2, 0.25) is 0 Å². The van der Waals surface area contributed by atoms with Crippen molar-refractivity contribution in [2.75, 3.05) is 0 Å². The number of aromatic nitrogens is 1. The van der Waals surface area contributed by atoms with Crippen molar-refractivity contribution in [3.05, 3.63) is 64.2 Å². The lowest BCUT2D eigenvalue weighted by atomic mass is 9.99. The van der Waals surface area contributed by atoms with Crippen LogP contribution in [0.15, 0.2) is 36.7 Å². The number of aryl methyl sites for hydroxylation is 1. The van der Waals surface area contributed by atoms with Crippen LogP contribution >= 0.6 is 11.6 Å². The molecule has 0 aliphatic heterocycles. The second-order valence-corrected chi connectivity index (χ2v) is 4.89. The molecule has 0 spiro atoms. The van der Waals surface area contributed by atoms with Crippen LogP contribution in [-0.2, 0) is 6.42 Å². The van der Waals surface area contributed by atoms with Crippen molar-refractivity contribution >= 4 is 11.6 Å². The van der Waals surface area contributed by atoms with Crippen molar-refractivity contribution in [2.24, 2.45) is 5.84 Å². The Kier molecular flexibility index (Phi) is 4.47. The van der Waals surface area contributed by atoms with Gasteiger partial charge < -0.3 is 0 Å². The van der Waals surface area contributed by atoms with Crippen molar-refractivity contribution in [1.82, 2.24) is 10.4 Å². The van der Waals surface area contributed by atoms with Crippen LogP contribution in [0.4, 0.5) is 4.39 Å². The molecule has 0 aliphatic carbocycles. The number of benzene rings is 1. The maximum atomic E-state index is 13.8. The van der Waals surface area contributed by atoms with Crippen LogP contribution in [0, 0.1) is 12.7 Å². The predicted octanol–water partition coefficient (Wildman–Crippen LogP) is 2.93. The van der Waals surface area contributed by atoms with Gasteiger partial charge in [0.05, 0.1) is 6.04 Å². The van der Waals surface area contributed by atoms with Crippen LogP contribution in [0.25, 0.3) is 0 Å². The van der Waals surface area contributed by atoms with Gasteiger partial charge in [0.1, 0.15) is 5.82 Å². The zero-order chi connectivity index (χ0) is 13.8. The highest BCUT2D eigenvalue weighted by atomic mass is 35.5. The third kappa shape index (κ3) is 3.50. The number of hydrogen-bond donors (Lipinski definition) is 2. The lowest BCUT2D eigenvalue weighted by molar-refractivity contribution is 0.527. The Morgan fingerprint density at radius 2 is 2.16 bits per heavy atom. The maximum Gasteiger partial charge on any atom is 0.127 e. The molecule has 3 nitrogen and oxygen atoms in total. The van der Waals surface area contributed by atoms with E-state index < -0.39 is 0 Å². The van der Waals surface area contributed by atoms with Crippen LogP contribution in [-0.4, -0.2) is 4.98 Å². The molecule has 2 rings (SSSR count). The van der Waals surface area contributed by atoms with Gasteiger partial charge in [-0.3, -0.25) is 16.3 Å². The molecule has 1 unspecified atom stereocenters. The van der Waals surface area contributed by atoms with Gasteiger partial charge in [-0.15, -0.1) is 0 Å². The quantitative estimate of drug-likeness (QED) is 0.668. The summed E-state index contributed by atoms with van der Waals surface area (Å²) in [5.41, 5.74) is 5.22. The van der Waals surface area contributed by atoms with E-state index in [1.807, 2.05) is 13.0 Å². The van der Waals surface area contributed by atoms with Crippen molar-refractivity contribution in [2.45, 2.75) is 19.4 Å². The number of rotatable bonds is 4. The molecule has 0 saturated heterocycles. The molecule has 0 fully saturated rings. The minimum atomic E-state index is -0.326. The first kappa shape index (κ1) is 13.9. The summed E-state index contributed by atoms with van der Waals surface area (Å²) in [6, 6.07) is 6.43. The zero-order valence-corrected chi connectivity index (χ0v) is 11.3. The molecule has 100 valence electrons. The Balaban J connectivity index is 2.24. The van der Waals surface area contributed by atoms with Crippen LogP contribution in [0.1, 0.15) is 22.7 Å². The number of nitrogens with two attached hydrogens (primary N) is 1. The molecule has 5 heteroatoms. The van der Waals surface area contributed by atoms with Gasteiger partial charge >= 0.3 is 0 Å². The van der Waals surface area contributed by atoms with E-state index in [0.29, 0.717) is 17.0 Å². The zero-order valence-electron chi connectivity index (χ0n) is 10.5. The van der Waals surface area contributed by atoms with E-state index in [1.54, 1.807) is 24.5 Å². The van der Waals surface area contributed by atoms with Gasteiger partial charge in [0, 0.05) is 17.4 Å². The van der Waals surface area contributed by atoms with Gasteiger partial charge in [0.15, 0.2) is 0 Å². The van der Waals surface area contributed by atoms with Crippen LogP contribution in [0.5, 0.6) is 0 Å². The van der Waals surface area contributed by atoms with Gasteiger partial charge in [-0.1, -0.05) is 23.7 Å². The Bertz CT molecular complexity index is 574. The molecule has 1 atom stereocenters. The van der Waals surface area contributed by atoms with Crippen LogP contribution < -0.4 is 11.3 Å². The van der Waals surface area contributed by atoms with Crippen molar-refractivity contribution < 1.29 is 4.39 Å². The summed E-state index contributed by atoms with van der Waals surface area (Å²) in [7, 11) is 0. The minimum absolute atomic E-state index is 0.192. The molecule has 3 N–H and O–H groups in total. The number of hydrazine groups is 1. The van der Waals surface area contributed by atoms with E-state index in [2.05, 4.69) is 10.4 Å². The fourth-order valence-electron chi connectivity index (χ4n) is 1.95. The number of pyridine rings is 1. The number of nitrogens with zero attached hydrogens (tertiary/aromatic N) is 1. The average Bonchev–Trinajstić information content (AvgIpc) is 2.38. The number of halogens is 2. The molecule has 1 aromatic carbocycles. The standard InChI is InChI=1S/C14H15ClFN3/c1-9-4-11(8-18-7-9)14(19-17)5-10-2-3-12(15)6-13(10)16/h2-4,6-8,14,19H,5,17H2,1H3. The molecule has 0 bridgehead atoms. The third-order valence-corrected chi connectivity index (χ3v) is 3.17. The van der Waals surface area contributed by atoms with Crippen LogP contribution in [0.3, 0.4) is 0 Å². The fraction of sp³-hybridized carbons (Fsp3) is 0.214. The molecule has 1 heterocycles. The molecule has 0 radical (unpaired) electrons. The molecule has 1 aromatic heterocycles. The second-order valence-electron chi connectivity index (χ2n) is 4.45. The summed E-state index contributed by atoms with van der Waals surface area (Å²) in [6.45, 7) is 1.95. The summed E-state index contributed by atoms with van der Waals surface area (Å²) >= 11 is 5.73. The topological polar surface area (TPSA) is 50.9 Å². The highest BCUT2D eigenvalue weighted by molar-refractivity contribution is 6.30. The fourth-order valence-corrected chi connectivity index (χ4v) is 2.11. The summed E-state index contributed by atoms with van der Waals surface area (Å²) in [5.74, 6) is 5.23. The molecule has 2 aromatic rings. The average molecular weight is 280 g/mol. The van der Waals surface area contributed by atoms with Gasteiger partial charge in [0.25, 0.3) is 0 Å². The van der Waals surface area contributed by atoms with Crippen molar-refractivity contribution in [3.63, 3.8) is 0 Å². The van der Waals surface area contributed by atoms with E-state index in [0.717, 1.165) is 11.1 Å². The molecule has 0 saturated carbocycles. The summed E-state index contributed by atoms with van der Waals surface area (Å²) < 4.78 is 13.8. The number of hydrogen-bond acceptors (Lipinski definition) is 3. The Hall–Kier alpha value is -1.49. The molecular weight excluding hydrogens is 265 g/mol. The van der Waals surface area contributed by atoms with E-state index in [1.165, 1.54) is 6.07 Å². The van der Waals surface area contributed by atoms with Gasteiger partial charge in [-0.25, -0.2) is 4.39 Å². The SMILES string of the molecule is Cc1cncc(C(Cc2ccc(Cl)cc2F)NN)c1. The van der Waals surface area contributed by atoms with Crippen LogP contribution in [0.2, 0.25) is 5.02 Å². The van der Waals surface area contributed by atoms with Gasteiger partial charge in [-0.2, -0.15) is 0 Å². The molecule has 0 aliphatic rings.